The molecule has 0 saturated carbocycles. The van der Waals surface area contributed by atoms with Crippen LogP contribution >= 0.6 is 15.9 Å². The van der Waals surface area contributed by atoms with Crippen LogP contribution in [0.3, 0.4) is 0 Å². The lowest BCUT2D eigenvalue weighted by atomic mass is 9.90. The molecule has 0 aromatic carbocycles. The topological polar surface area (TPSA) is 25.8 Å². The van der Waals surface area contributed by atoms with E-state index in [1.807, 2.05) is 20.8 Å². The zero-order valence-corrected chi connectivity index (χ0v) is 9.74. The van der Waals surface area contributed by atoms with Crippen molar-refractivity contribution in [2.45, 2.75) is 33.1 Å². The minimum absolute atomic E-state index is 0.104. The zero-order valence-electron chi connectivity index (χ0n) is 8.15. The molecule has 0 atom stereocenters. The fraction of sp³-hybridized carbons (Fsp3) is 0.556. The van der Waals surface area contributed by atoms with Crippen molar-refractivity contribution in [1.29, 1.82) is 0 Å². The molecule has 1 heterocycles. The smallest absolute Gasteiger partial charge is 0.239 e. The Morgan fingerprint density at radius 3 is 2.23 bits per heavy atom. The van der Waals surface area contributed by atoms with Gasteiger partial charge < -0.3 is 0 Å². The van der Waals surface area contributed by atoms with Gasteiger partial charge in [0, 0.05) is 5.41 Å². The highest BCUT2D eigenvalue weighted by atomic mass is 79.9. The molecule has 0 spiro atoms. The van der Waals surface area contributed by atoms with Crippen molar-refractivity contribution in [1.82, 2.24) is 9.97 Å². The molecular formula is C9H12BrFN2. The Kier molecular flexibility index (Phi) is 2.71. The highest BCUT2D eigenvalue weighted by Crippen LogP contribution is 2.24. The molecular weight excluding hydrogens is 235 g/mol. The first kappa shape index (κ1) is 10.6. The van der Waals surface area contributed by atoms with Crippen LogP contribution in [0.5, 0.6) is 0 Å². The lowest BCUT2D eigenvalue weighted by molar-refractivity contribution is 0.521. The van der Waals surface area contributed by atoms with E-state index in [0.29, 0.717) is 5.69 Å². The summed E-state index contributed by atoms with van der Waals surface area (Å²) in [7, 11) is 0. The molecule has 0 aliphatic heterocycles. The van der Waals surface area contributed by atoms with Crippen LogP contribution in [-0.4, -0.2) is 9.97 Å². The fourth-order valence-electron chi connectivity index (χ4n) is 1.18. The van der Waals surface area contributed by atoms with Gasteiger partial charge in [0.25, 0.3) is 0 Å². The van der Waals surface area contributed by atoms with E-state index in [-0.39, 0.29) is 10.0 Å². The average molecular weight is 247 g/mol. The largest absolute Gasteiger partial charge is 0.246 e. The van der Waals surface area contributed by atoms with E-state index in [4.69, 9.17) is 0 Å². The molecule has 4 heteroatoms. The highest BCUT2D eigenvalue weighted by molar-refractivity contribution is 9.10. The number of rotatable bonds is 0. The molecule has 1 rings (SSSR count). The SMILES string of the molecule is Cc1nc(F)c(Br)nc1C(C)(C)C. The maximum atomic E-state index is 12.9. The van der Waals surface area contributed by atoms with Gasteiger partial charge in [-0.25, -0.2) is 9.97 Å². The molecule has 0 saturated heterocycles. The summed E-state index contributed by atoms with van der Waals surface area (Å²) in [6, 6.07) is 0. The Balaban J connectivity index is 3.32. The molecule has 1 aromatic rings. The first-order valence-electron chi connectivity index (χ1n) is 4.02. The zero-order chi connectivity index (χ0) is 10.2. The van der Waals surface area contributed by atoms with Gasteiger partial charge in [-0.2, -0.15) is 4.39 Å². The van der Waals surface area contributed by atoms with Crippen molar-refractivity contribution in [3.63, 3.8) is 0 Å². The molecule has 2 nitrogen and oxygen atoms in total. The molecule has 72 valence electrons. The number of halogens is 2. The molecule has 0 fully saturated rings. The van der Waals surface area contributed by atoms with Crippen LogP contribution < -0.4 is 0 Å². The molecule has 0 radical (unpaired) electrons. The molecule has 13 heavy (non-hydrogen) atoms. The maximum absolute atomic E-state index is 12.9. The first-order valence-corrected chi connectivity index (χ1v) is 4.82. The number of nitrogens with zero attached hydrogens (tertiary/aromatic N) is 2. The summed E-state index contributed by atoms with van der Waals surface area (Å²) in [4.78, 5) is 7.89. The molecule has 0 bridgehead atoms. The third kappa shape index (κ3) is 2.24. The van der Waals surface area contributed by atoms with Crippen LogP contribution in [0.4, 0.5) is 4.39 Å². The third-order valence-corrected chi connectivity index (χ3v) is 2.20. The second kappa shape index (κ2) is 3.33. The van der Waals surface area contributed by atoms with Crippen LogP contribution in [0.2, 0.25) is 0 Å². The molecule has 1 aromatic heterocycles. The van der Waals surface area contributed by atoms with Gasteiger partial charge in [-0.3, -0.25) is 0 Å². The summed E-state index contributed by atoms with van der Waals surface area (Å²) in [5.41, 5.74) is 1.36. The van der Waals surface area contributed by atoms with Gasteiger partial charge >= 0.3 is 0 Å². The van der Waals surface area contributed by atoms with E-state index in [0.717, 1.165) is 5.69 Å². The minimum atomic E-state index is -0.550. The summed E-state index contributed by atoms with van der Waals surface area (Å²) in [6.45, 7) is 7.83. The summed E-state index contributed by atoms with van der Waals surface area (Å²) in [6.07, 6.45) is 0. The minimum Gasteiger partial charge on any atom is -0.239 e. The standard InChI is InChI=1S/C9H12BrFN2/c1-5-6(9(2,3)4)13-7(10)8(11)12-5/h1-4H3. The number of aryl methyl sites for hydroxylation is 1. The second-order valence-electron chi connectivity index (χ2n) is 3.99. The Labute approximate surface area is 85.7 Å². The van der Waals surface area contributed by atoms with Crippen molar-refractivity contribution in [2.24, 2.45) is 0 Å². The van der Waals surface area contributed by atoms with Gasteiger partial charge in [-0.05, 0) is 22.9 Å². The molecule has 0 unspecified atom stereocenters. The Morgan fingerprint density at radius 2 is 1.77 bits per heavy atom. The third-order valence-electron chi connectivity index (χ3n) is 1.70. The monoisotopic (exact) mass is 246 g/mol. The van der Waals surface area contributed by atoms with E-state index in [1.165, 1.54) is 0 Å². The van der Waals surface area contributed by atoms with Crippen LogP contribution in [0.1, 0.15) is 32.2 Å². The maximum Gasteiger partial charge on any atom is 0.246 e. The number of hydrogen-bond acceptors (Lipinski definition) is 2. The first-order chi connectivity index (χ1) is 5.82. The van der Waals surface area contributed by atoms with E-state index in [9.17, 15) is 4.39 Å². The quantitative estimate of drug-likeness (QED) is 0.704. The lowest BCUT2D eigenvalue weighted by Crippen LogP contribution is -2.17. The van der Waals surface area contributed by atoms with Gasteiger partial charge in [0.15, 0.2) is 4.60 Å². The Morgan fingerprint density at radius 1 is 1.23 bits per heavy atom. The summed E-state index contributed by atoms with van der Waals surface area (Å²) in [5, 5.41) is 0. The van der Waals surface area contributed by atoms with Crippen molar-refractivity contribution in [3.8, 4) is 0 Å². The molecule has 0 aliphatic rings. The number of hydrogen-bond donors (Lipinski definition) is 0. The molecule has 0 aliphatic carbocycles. The van der Waals surface area contributed by atoms with Crippen LogP contribution in [0.25, 0.3) is 0 Å². The normalized spacial score (nSPS) is 11.8. The predicted octanol–water partition coefficient (Wildman–Crippen LogP) is 2.98. The van der Waals surface area contributed by atoms with Crippen LogP contribution in [-0.2, 0) is 5.41 Å². The van der Waals surface area contributed by atoms with Gasteiger partial charge in [0.2, 0.25) is 5.95 Å². The summed E-state index contributed by atoms with van der Waals surface area (Å²) < 4.78 is 13.1. The van der Waals surface area contributed by atoms with Gasteiger partial charge in [-0.1, -0.05) is 20.8 Å². The van der Waals surface area contributed by atoms with E-state index < -0.39 is 5.95 Å². The summed E-state index contributed by atoms with van der Waals surface area (Å²) >= 11 is 3.02. The average Bonchev–Trinajstić information content (AvgIpc) is 1.94. The summed E-state index contributed by atoms with van der Waals surface area (Å²) in [5.74, 6) is -0.550. The fourth-order valence-corrected chi connectivity index (χ4v) is 1.45. The highest BCUT2D eigenvalue weighted by Gasteiger charge is 2.20. The lowest BCUT2D eigenvalue weighted by Gasteiger charge is -2.19. The van der Waals surface area contributed by atoms with Crippen LogP contribution in [0.15, 0.2) is 4.60 Å². The van der Waals surface area contributed by atoms with Crippen molar-refractivity contribution < 1.29 is 4.39 Å². The van der Waals surface area contributed by atoms with E-state index >= 15 is 0 Å². The van der Waals surface area contributed by atoms with E-state index in [1.54, 1.807) is 6.92 Å². The van der Waals surface area contributed by atoms with Crippen molar-refractivity contribution in [3.05, 3.63) is 21.9 Å². The van der Waals surface area contributed by atoms with Crippen molar-refractivity contribution >= 4 is 15.9 Å². The van der Waals surface area contributed by atoms with E-state index in [2.05, 4.69) is 25.9 Å². The predicted molar refractivity (Wildman–Crippen MR) is 53.1 cm³/mol. The Bertz CT molecular complexity index is 331. The number of aromatic nitrogens is 2. The Hall–Kier alpha value is -0.510. The van der Waals surface area contributed by atoms with Crippen LogP contribution in [0, 0.1) is 12.9 Å². The van der Waals surface area contributed by atoms with Crippen molar-refractivity contribution in [2.75, 3.05) is 0 Å². The molecule has 0 N–H and O–H groups in total. The van der Waals surface area contributed by atoms with Gasteiger partial charge in [0.1, 0.15) is 0 Å². The molecule has 0 amide bonds. The second-order valence-corrected chi connectivity index (χ2v) is 4.74. The van der Waals surface area contributed by atoms with Gasteiger partial charge in [0.05, 0.1) is 11.4 Å². The van der Waals surface area contributed by atoms with Gasteiger partial charge in [-0.15, -0.1) is 0 Å².